The van der Waals surface area contributed by atoms with Crippen molar-refractivity contribution in [3.63, 3.8) is 0 Å². The highest BCUT2D eigenvalue weighted by molar-refractivity contribution is 6.50. The second kappa shape index (κ2) is 15.0. The van der Waals surface area contributed by atoms with E-state index in [1.165, 1.54) is 162 Å². The summed E-state index contributed by atoms with van der Waals surface area (Å²) in [5.74, 6) is -0.217. The van der Waals surface area contributed by atoms with Crippen molar-refractivity contribution < 1.29 is 4.39 Å². The molecule has 73 heavy (non-hydrogen) atoms. The van der Waals surface area contributed by atoms with Crippen LogP contribution in [0.3, 0.4) is 0 Å². The van der Waals surface area contributed by atoms with Gasteiger partial charge in [0.25, 0.3) is 0 Å². The lowest BCUT2D eigenvalue weighted by Crippen LogP contribution is -2.06. The Hall–Kier alpha value is -8.15. The van der Waals surface area contributed by atoms with Crippen molar-refractivity contribution in [1.82, 2.24) is 0 Å². The van der Waals surface area contributed by atoms with E-state index in [-0.39, 0.29) is 5.82 Å². The summed E-state index contributed by atoms with van der Waals surface area (Å²) in [7, 11) is 0. The van der Waals surface area contributed by atoms with Crippen LogP contribution in [-0.4, -0.2) is 26.2 Å². The second-order valence-electron chi connectivity index (χ2n) is 21.1. The Morgan fingerprint density at radius 3 is 1.04 bits per heavy atom. The fraction of sp³-hybridized carbons (Fsp3) is 0.176. The van der Waals surface area contributed by atoms with Crippen LogP contribution in [0, 0.1) is 26.7 Å². The topological polar surface area (TPSA) is 48.1 Å². The van der Waals surface area contributed by atoms with E-state index in [0.29, 0.717) is 0 Å². The molecule has 16 rings (SSSR count). The maximum absolute atomic E-state index is 15.3. The van der Waals surface area contributed by atoms with Gasteiger partial charge in [-0.2, -0.15) is 0 Å². The van der Waals surface area contributed by atoms with Crippen LogP contribution in [0.25, 0.3) is 140 Å². The van der Waals surface area contributed by atoms with Gasteiger partial charge < -0.3 is 21.3 Å². The van der Waals surface area contributed by atoms with Crippen LogP contribution < -0.4 is 21.3 Å². The van der Waals surface area contributed by atoms with Gasteiger partial charge in [0.05, 0.1) is 22.7 Å². The van der Waals surface area contributed by atoms with E-state index >= 15 is 4.39 Å². The molecule has 1 aliphatic rings. The predicted octanol–water partition coefficient (Wildman–Crippen LogP) is 18.7. The largest absolute Gasteiger partial charge is 0.384 e. The molecule has 0 fully saturated rings. The standard InChI is InChI=1S/C68H53FN4/c1-5-29-70-65-44-16-15-35(69)33-51(44)66(71-30-6-2)60-48-26-22-41-37-18-20-39-43-24-28-50-58-49(27-23-42(56(43)58)38-19-17-36(53(37)54(38)39)40-21-25-47(59(60)65)57(48)55(40)41)63-64(50)68(73-32-8-4)62-46-14-10-12-34-11-9-13-45(52(34)46)61(62)67(63)72-31-7-3/h9-28,33,70-73H,5-8,29-32H2,1-4H3. The molecule has 15 aromatic carbocycles. The van der Waals surface area contributed by atoms with E-state index in [2.05, 4.69) is 158 Å². The maximum Gasteiger partial charge on any atom is 0.123 e. The molecule has 15 aromatic rings. The van der Waals surface area contributed by atoms with Gasteiger partial charge in [-0.1, -0.05) is 137 Å². The van der Waals surface area contributed by atoms with E-state index in [4.69, 9.17) is 0 Å². The first-order chi connectivity index (χ1) is 36.0. The molecular formula is C68H53FN4. The summed E-state index contributed by atoms with van der Waals surface area (Å²) >= 11 is 0. The minimum Gasteiger partial charge on any atom is -0.384 e. The van der Waals surface area contributed by atoms with Gasteiger partial charge in [0.2, 0.25) is 0 Å². The highest BCUT2D eigenvalue weighted by Crippen LogP contribution is 2.57. The average Bonchev–Trinajstić information content (AvgIpc) is 4.08. The zero-order valence-corrected chi connectivity index (χ0v) is 41.7. The Bertz CT molecular complexity index is 4900. The minimum absolute atomic E-state index is 0.217. The summed E-state index contributed by atoms with van der Waals surface area (Å²) in [5, 5.41) is 54.3. The Morgan fingerprint density at radius 2 is 0.616 bits per heavy atom. The summed E-state index contributed by atoms with van der Waals surface area (Å²) in [6.45, 7) is 12.4. The quantitative estimate of drug-likeness (QED) is 0.0560. The van der Waals surface area contributed by atoms with Gasteiger partial charge in [0, 0.05) is 68.9 Å². The third kappa shape index (κ3) is 5.10. The van der Waals surface area contributed by atoms with Crippen LogP contribution in [0.1, 0.15) is 53.4 Å². The molecule has 4 nitrogen and oxygen atoms in total. The SMILES string of the molecule is CCCNc1c2c(c(NCCC)c3cc(F)ccc13)=c1ccc3c4ccc5c6ccc7c8c(NCCC)c9c%10cccc%11cccc(c9c(NCCC)c8c8ccc(c9ccc(c%12ccc=2c1c%123)c4c95)c6c87)c%11%10. The molecule has 0 heterocycles. The molecule has 0 amide bonds. The zero-order valence-electron chi connectivity index (χ0n) is 41.7. The summed E-state index contributed by atoms with van der Waals surface area (Å²) in [6, 6.07) is 48.0. The van der Waals surface area contributed by atoms with Crippen LogP contribution >= 0.6 is 0 Å². The highest BCUT2D eigenvalue weighted by Gasteiger charge is 2.29. The molecule has 0 bridgehead atoms. The van der Waals surface area contributed by atoms with Crippen molar-refractivity contribution in [1.29, 1.82) is 0 Å². The van der Waals surface area contributed by atoms with Gasteiger partial charge >= 0.3 is 0 Å². The zero-order chi connectivity index (χ0) is 48.5. The first kappa shape index (κ1) is 41.5. The van der Waals surface area contributed by atoms with Gasteiger partial charge in [-0.25, -0.2) is 4.39 Å². The summed E-state index contributed by atoms with van der Waals surface area (Å²) in [6.07, 6.45) is 4.03. The van der Waals surface area contributed by atoms with Crippen LogP contribution in [0.4, 0.5) is 27.1 Å². The Labute approximate surface area is 420 Å². The third-order valence-electron chi connectivity index (χ3n) is 17.1. The molecule has 0 saturated heterocycles. The molecule has 5 heteroatoms. The highest BCUT2D eigenvalue weighted by atomic mass is 19.1. The minimum atomic E-state index is -0.217. The number of hydrogen-bond donors (Lipinski definition) is 4. The number of halogens is 1. The molecule has 352 valence electrons. The van der Waals surface area contributed by atoms with E-state index in [0.717, 1.165) is 74.0 Å². The molecule has 0 radical (unpaired) electrons. The lowest BCUT2D eigenvalue weighted by Gasteiger charge is -2.19. The number of fused-ring (bicyclic) bond motifs is 12. The molecular weight excluding hydrogens is 892 g/mol. The number of rotatable bonds is 12. The van der Waals surface area contributed by atoms with Crippen molar-refractivity contribution in [3.05, 3.63) is 154 Å². The first-order valence-corrected chi connectivity index (χ1v) is 26.9. The van der Waals surface area contributed by atoms with E-state index in [1.807, 2.05) is 6.07 Å². The molecule has 0 atom stereocenters. The Morgan fingerprint density at radius 1 is 0.288 bits per heavy atom. The van der Waals surface area contributed by atoms with Crippen LogP contribution in [0.15, 0.2) is 127 Å². The van der Waals surface area contributed by atoms with Crippen molar-refractivity contribution in [2.75, 3.05) is 47.4 Å². The molecule has 4 N–H and O–H groups in total. The number of nitrogens with one attached hydrogen (secondary N) is 4. The van der Waals surface area contributed by atoms with Gasteiger partial charge in [-0.15, -0.1) is 0 Å². The van der Waals surface area contributed by atoms with Gasteiger partial charge in [-0.05, 0) is 162 Å². The second-order valence-corrected chi connectivity index (χ2v) is 21.1. The predicted molar refractivity (Wildman–Crippen MR) is 316 cm³/mol. The van der Waals surface area contributed by atoms with Crippen molar-refractivity contribution in [2.24, 2.45) is 0 Å². The van der Waals surface area contributed by atoms with E-state index < -0.39 is 0 Å². The normalized spacial score (nSPS) is 12.9. The Balaban J connectivity index is 1.03. The van der Waals surface area contributed by atoms with Crippen molar-refractivity contribution >= 4 is 163 Å². The lowest BCUT2D eigenvalue weighted by molar-refractivity contribution is 0.630. The van der Waals surface area contributed by atoms with Crippen molar-refractivity contribution in [2.45, 2.75) is 53.4 Å². The first-order valence-electron chi connectivity index (χ1n) is 26.9. The summed E-state index contributed by atoms with van der Waals surface area (Å²) in [5.41, 5.74) is 4.64. The molecule has 0 aliphatic heterocycles. The smallest absolute Gasteiger partial charge is 0.123 e. The lowest BCUT2D eigenvalue weighted by atomic mass is 9.83. The molecule has 0 unspecified atom stereocenters. The van der Waals surface area contributed by atoms with Crippen LogP contribution in [0.5, 0.6) is 0 Å². The maximum atomic E-state index is 15.3. The van der Waals surface area contributed by atoms with E-state index in [9.17, 15) is 0 Å². The molecule has 0 spiro atoms. The monoisotopic (exact) mass is 944 g/mol. The van der Waals surface area contributed by atoms with Crippen LogP contribution in [0.2, 0.25) is 0 Å². The van der Waals surface area contributed by atoms with Gasteiger partial charge in [-0.3, -0.25) is 0 Å². The molecule has 0 aromatic heterocycles. The number of hydrogen-bond acceptors (Lipinski definition) is 4. The number of anilines is 4. The average molecular weight is 945 g/mol. The third-order valence-corrected chi connectivity index (χ3v) is 17.1. The fourth-order valence-corrected chi connectivity index (χ4v) is 14.4. The van der Waals surface area contributed by atoms with Gasteiger partial charge in [0.1, 0.15) is 5.82 Å². The fourth-order valence-electron chi connectivity index (χ4n) is 14.4. The van der Waals surface area contributed by atoms with Crippen LogP contribution in [-0.2, 0) is 0 Å². The summed E-state index contributed by atoms with van der Waals surface area (Å²) in [4.78, 5) is 0. The van der Waals surface area contributed by atoms with Gasteiger partial charge in [0.15, 0.2) is 0 Å². The number of benzene rings is 13. The molecule has 1 aliphatic carbocycles. The van der Waals surface area contributed by atoms with Crippen molar-refractivity contribution in [3.8, 4) is 0 Å². The van der Waals surface area contributed by atoms with E-state index in [1.54, 1.807) is 12.1 Å². The Kier molecular flexibility index (Phi) is 8.50. The molecule has 0 saturated carbocycles. The summed E-state index contributed by atoms with van der Waals surface area (Å²) < 4.78 is 15.3.